The average molecular weight is 393 g/mol. The zero-order valence-corrected chi connectivity index (χ0v) is 16.3. The summed E-state index contributed by atoms with van der Waals surface area (Å²) in [7, 11) is -3.61. The van der Waals surface area contributed by atoms with Gasteiger partial charge in [-0.25, -0.2) is 8.93 Å². The highest BCUT2D eigenvalue weighted by Crippen LogP contribution is 2.28. The van der Waals surface area contributed by atoms with Gasteiger partial charge < -0.3 is 5.32 Å². The van der Waals surface area contributed by atoms with Crippen LogP contribution in [0.3, 0.4) is 0 Å². The van der Waals surface area contributed by atoms with Gasteiger partial charge in [0.2, 0.25) is 14.9 Å². The molecule has 0 heterocycles. The zero-order valence-electron chi connectivity index (χ0n) is 14.7. The first-order valence-electron chi connectivity index (χ1n) is 8.41. The summed E-state index contributed by atoms with van der Waals surface area (Å²) in [4.78, 5) is 12.6. The van der Waals surface area contributed by atoms with Gasteiger partial charge in [-0.1, -0.05) is 55.1 Å². The van der Waals surface area contributed by atoms with E-state index in [9.17, 15) is 13.6 Å². The first-order valence-corrected chi connectivity index (χ1v) is 10.8. The fourth-order valence-electron chi connectivity index (χ4n) is 3.13. The molecule has 1 aromatic carbocycles. The maximum absolute atomic E-state index is 12.6. The molecule has 3 N–H and O–H groups in total. The number of benzene rings is 1. The molecule has 140 valence electrons. The van der Waals surface area contributed by atoms with E-state index in [1.165, 1.54) is 0 Å². The second-order valence-corrected chi connectivity index (χ2v) is 8.65. The standard InChI is InChI=1S/C19H24N2O3S2/c1-3-8-16-14(4-2)11-12-17(16)20-19(22)13-18(21-26(23,24)25)15-9-6-5-7-10-15/h3-10,17-18,21H,2,11-13H2,1H3,(H,20,22)(H,23,24,25)/b8-3-/t17-,18-/m1/s1. The summed E-state index contributed by atoms with van der Waals surface area (Å²) in [5.74, 6) is -0.206. The third-order valence-corrected chi connectivity index (χ3v) is 5.13. The van der Waals surface area contributed by atoms with Crippen molar-refractivity contribution in [2.75, 3.05) is 0 Å². The lowest BCUT2D eigenvalue weighted by Crippen LogP contribution is -2.38. The summed E-state index contributed by atoms with van der Waals surface area (Å²) in [5.41, 5.74) is 2.93. The van der Waals surface area contributed by atoms with Crippen molar-refractivity contribution in [3.63, 3.8) is 0 Å². The van der Waals surface area contributed by atoms with Crippen LogP contribution in [0.25, 0.3) is 0 Å². The van der Waals surface area contributed by atoms with Crippen molar-refractivity contribution in [1.82, 2.24) is 10.0 Å². The molecule has 26 heavy (non-hydrogen) atoms. The Kier molecular flexibility index (Phi) is 7.28. The minimum absolute atomic E-state index is 0.0151. The Bertz CT molecular complexity index is 814. The van der Waals surface area contributed by atoms with E-state index in [-0.39, 0.29) is 18.4 Å². The van der Waals surface area contributed by atoms with Crippen LogP contribution in [-0.4, -0.2) is 20.7 Å². The number of hydrogen-bond donors (Lipinski definition) is 3. The van der Waals surface area contributed by atoms with Crippen molar-refractivity contribution >= 4 is 26.1 Å². The lowest BCUT2D eigenvalue weighted by Gasteiger charge is -2.20. The Morgan fingerprint density at radius 2 is 2.15 bits per heavy atom. The Morgan fingerprint density at radius 1 is 1.46 bits per heavy atom. The lowest BCUT2D eigenvalue weighted by molar-refractivity contribution is -0.122. The van der Waals surface area contributed by atoms with Gasteiger partial charge in [0.05, 0.1) is 12.1 Å². The summed E-state index contributed by atoms with van der Waals surface area (Å²) >= 11 is 4.55. The lowest BCUT2D eigenvalue weighted by atomic mass is 10.0. The normalized spacial score (nSPS) is 20.8. The molecule has 0 saturated carbocycles. The van der Waals surface area contributed by atoms with E-state index in [0.717, 1.165) is 29.6 Å². The molecule has 5 nitrogen and oxygen atoms in total. The van der Waals surface area contributed by atoms with Crippen LogP contribution in [0.1, 0.15) is 37.8 Å². The maximum Gasteiger partial charge on any atom is 0.222 e. The molecule has 1 amide bonds. The molecular weight excluding hydrogens is 368 g/mol. The van der Waals surface area contributed by atoms with Crippen molar-refractivity contribution in [3.8, 4) is 0 Å². The highest BCUT2D eigenvalue weighted by atomic mass is 32.8. The van der Waals surface area contributed by atoms with E-state index in [4.69, 9.17) is 0 Å². The van der Waals surface area contributed by atoms with Crippen LogP contribution < -0.4 is 10.0 Å². The van der Waals surface area contributed by atoms with E-state index in [1.54, 1.807) is 12.1 Å². The van der Waals surface area contributed by atoms with Crippen molar-refractivity contribution in [2.24, 2.45) is 0 Å². The number of carbonyl (C=O) groups is 1. The van der Waals surface area contributed by atoms with Crippen molar-refractivity contribution in [1.29, 1.82) is 0 Å². The van der Waals surface area contributed by atoms with E-state index in [2.05, 4.69) is 27.8 Å². The monoisotopic (exact) mass is 392 g/mol. The average Bonchev–Trinajstić information content (AvgIpc) is 2.96. The topological polar surface area (TPSA) is 78.4 Å². The van der Waals surface area contributed by atoms with Gasteiger partial charge in [-0.3, -0.25) is 9.35 Å². The predicted octanol–water partition coefficient (Wildman–Crippen LogP) is 3.18. The Labute approximate surface area is 159 Å². The quantitative estimate of drug-likeness (QED) is 0.635. The fourth-order valence-corrected chi connectivity index (χ4v) is 4.05. The van der Waals surface area contributed by atoms with Crippen LogP contribution in [0.2, 0.25) is 0 Å². The first kappa shape index (κ1) is 20.5. The molecule has 3 atom stereocenters. The number of nitrogens with one attached hydrogen (secondary N) is 2. The van der Waals surface area contributed by atoms with Gasteiger partial charge in [-0.05, 0) is 36.5 Å². The van der Waals surface area contributed by atoms with Crippen molar-refractivity contribution in [2.45, 2.75) is 38.3 Å². The molecule has 0 radical (unpaired) electrons. The summed E-state index contributed by atoms with van der Waals surface area (Å²) in [6.45, 7) is 5.76. The highest BCUT2D eigenvalue weighted by Gasteiger charge is 2.26. The van der Waals surface area contributed by atoms with Gasteiger partial charge >= 0.3 is 0 Å². The third kappa shape index (κ3) is 5.88. The van der Waals surface area contributed by atoms with Gasteiger partial charge in [0.25, 0.3) is 0 Å². The number of amides is 1. The van der Waals surface area contributed by atoms with E-state index < -0.39 is 15.0 Å². The highest BCUT2D eigenvalue weighted by molar-refractivity contribution is 8.28. The molecule has 0 fully saturated rings. The fraction of sp³-hybridized carbons (Fsp3) is 0.316. The number of rotatable bonds is 8. The molecule has 1 aromatic rings. The predicted molar refractivity (Wildman–Crippen MR) is 108 cm³/mol. The van der Waals surface area contributed by atoms with Gasteiger partial charge in [-0.2, -0.15) is 0 Å². The van der Waals surface area contributed by atoms with E-state index >= 15 is 0 Å². The molecule has 0 spiro atoms. The minimum atomic E-state index is -3.61. The summed E-state index contributed by atoms with van der Waals surface area (Å²) in [6, 6.07) is 8.33. The molecule has 0 aromatic heterocycles. The Morgan fingerprint density at radius 3 is 2.73 bits per heavy atom. The summed E-state index contributed by atoms with van der Waals surface area (Å²) < 4.78 is 23.6. The smallest absolute Gasteiger partial charge is 0.222 e. The van der Waals surface area contributed by atoms with Crippen LogP contribution in [0.15, 0.2) is 66.3 Å². The second-order valence-electron chi connectivity index (χ2n) is 6.10. The second kappa shape index (κ2) is 9.23. The van der Waals surface area contributed by atoms with Crippen molar-refractivity contribution in [3.05, 3.63) is 71.8 Å². The molecule has 1 aliphatic carbocycles. The molecule has 7 heteroatoms. The van der Waals surface area contributed by atoms with Gasteiger partial charge in [0, 0.05) is 17.6 Å². The molecule has 0 aliphatic heterocycles. The third-order valence-electron chi connectivity index (χ3n) is 4.26. The maximum atomic E-state index is 12.6. The molecule has 1 unspecified atom stereocenters. The molecule has 0 saturated heterocycles. The summed E-state index contributed by atoms with van der Waals surface area (Å²) in [5, 5.41) is 3.02. The number of allylic oxidation sites excluding steroid dienone is 3. The van der Waals surface area contributed by atoms with Crippen LogP contribution in [0.4, 0.5) is 0 Å². The zero-order chi connectivity index (χ0) is 19.2. The Hall–Kier alpha value is -1.80. The van der Waals surface area contributed by atoms with Gasteiger partial charge in [0.1, 0.15) is 0 Å². The molecule has 2 rings (SSSR count). The Balaban J connectivity index is 2.12. The first-order chi connectivity index (χ1) is 12.3. The summed E-state index contributed by atoms with van der Waals surface area (Å²) in [6.07, 6.45) is 7.45. The number of hydrogen-bond acceptors (Lipinski definition) is 3. The molecule has 1 aliphatic rings. The van der Waals surface area contributed by atoms with E-state index in [1.807, 2.05) is 43.4 Å². The van der Waals surface area contributed by atoms with Crippen LogP contribution in [0.5, 0.6) is 0 Å². The SMILES string of the molecule is C=CC1=C(/C=C\C)[C@H](NC(=O)C[C@@H](NS(=O)(O)=S)c2ccccc2)CC1. The van der Waals surface area contributed by atoms with Crippen LogP contribution in [0, 0.1) is 0 Å². The number of carbonyl (C=O) groups excluding carboxylic acids is 1. The van der Waals surface area contributed by atoms with Crippen molar-refractivity contribution < 1.29 is 13.6 Å². The van der Waals surface area contributed by atoms with Crippen LogP contribution in [-0.2, 0) is 24.9 Å². The van der Waals surface area contributed by atoms with E-state index in [0.29, 0.717) is 0 Å². The molecule has 0 bridgehead atoms. The largest absolute Gasteiger partial charge is 0.349 e. The van der Waals surface area contributed by atoms with Gasteiger partial charge in [0.15, 0.2) is 0 Å². The van der Waals surface area contributed by atoms with Gasteiger partial charge in [-0.15, -0.1) is 0 Å². The molecular formula is C19H24N2O3S2. The van der Waals surface area contributed by atoms with Crippen LogP contribution >= 0.6 is 0 Å². The minimum Gasteiger partial charge on any atom is -0.349 e.